The predicted molar refractivity (Wildman–Crippen MR) is 143 cm³/mol. The molecule has 2 N–H and O–H groups in total. The number of ether oxygens (including phenoxy) is 1. The van der Waals surface area contributed by atoms with Crippen molar-refractivity contribution in [2.24, 2.45) is 5.92 Å². The second-order valence-electron chi connectivity index (χ2n) is 9.49. The molecule has 0 fully saturated rings. The van der Waals surface area contributed by atoms with Crippen molar-refractivity contribution in [2.45, 2.75) is 53.4 Å². The van der Waals surface area contributed by atoms with Crippen molar-refractivity contribution in [3.05, 3.63) is 75.0 Å². The van der Waals surface area contributed by atoms with E-state index in [4.69, 9.17) is 9.84 Å². The summed E-state index contributed by atoms with van der Waals surface area (Å²) in [6, 6.07) is 16.8. The van der Waals surface area contributed by atoms with Gasteiger partial charge in [-0.1, -0.05) is 45.0 Å². The molecule has 0 saturated heterocycles. The van der Waals surface area contributed by atoms with Gasteiger partial charge in [0.1, 0.15) is 5.75 Å². The minimum absolute atomic E-state index is 0.0807. The van der Waals surface area contributed by atoms with E-state index in [9.17, 15) is 9.59 Å². The summed E-state index contributed by atoms with van der Waals surface area (Å²) in [5.41, 5.74) is 6.22. The lowest BCUT2D eigenvalue weighted by Crippen LogP contribution is -2.25. The molecule has 0 aliphatic rings. The van der Waals surface area contributed by atoms with Crippen LogP contribution in [0.25, 0.3) is 11.1 Å². The molecule has 0 aliphatic carbocycles. The Kier molecular flexibility index (Phi) is 9.10. The number of nitrogens with one attached hydrogen (secondary N) is 1. The van der Waals surface area contributed by atoms with E-state index in [2.05, 4.69) is 76.3 Å². The molecule has 3 aromatic rings. The number of carboxylic acids is 1. The SMILES string of the molecule is Cc1cc(OCC(C)Cc2ccc(C(=O)NCCC(=O)O)s2)cc(C)c1-c1ccc(C(C)C)cc1. The summed E-state index contributed by atoms with van der Waals surface area (Å²) in [6.07, 6.45) is 0.730. The molecule has 186 valence electrons. The molecule has 1 unspecified atom stereocenters. The van der Waals surface area contributed by atoms with Gasteiger partial charge in [0.25, 0.3) is 5.91 Å². The Morgan fingerprint density at radius 1 is 1.00 bits per heavy atom. The minimum Gasteiger partial charge on any atom is -0.493 e. The van der Waals surface area contributed by atoms with Crippen LogP contribution in [0.3, 0.4) is 0 Å². The van der Waals surface area contributed by atoms with Crippen molar-refractivity contribution in [3.63, 3.8) is 0 Å². The zero-order valence-electron chi connectivity index (χ0n) is 21.2. The number of amides is 1. The molecule has 0 radical (unpaired) electrons. The zero-order valence-corrected chi connectivity index (χ0v) is 22.0. The molecule has 1 heterocycles. The molecular weight excluding hydrogens is 458 g/mol. The Morgan fingerprint density at radius 3 is 2.26 bits per heavy atom. The van der Waals surface area contributed by atoms with Gasteiger partial charge in [0.05, 0.1) is 17.9 Å². The van der Waals surface area contributed by atoms with Crippen molar-refractivity contribution in [1.29, 1.82) is 0 Å². The van der Waals surface area contributed by atoms with Gasteiger partial charge < -0.3 is 15.2 Å². The summed E-state index contributed by atoms with van der Waals surface area (Å²) in [6.45, 7) is 11.5. The summed E-state index contributed by atoms with van der Waals surface area (Å²) in [5.74, 6) is 0.521. The normalized spacial score (nSPS) is 11.9. The van der Waals surface area contributed by atoms with Crippen molar-refractivity contribution in [3.8, 4) is 16.9 Å². The minimum atomic E-state index is -0.925. The monoisotopic (exact) mass is 493 g/mol. The van der Waals surface area contributed by atoms with E-state index < -0.39 is 5.97 Å². The van der Waals surface area contributed by atoms with Crippen LogP contribution >= 0.6 is 11.3 Å². The Labute approximate surface area is 212 Å². The second kappa shape index (κ2) is 12.0. The summed E-state index contributed by atoms with van der Waals surface area (Å²) in [4.78, 5) is 24.5. The van der Waals surface area contributed by atoms with Crippen molar-refractivity contribution < 1.29 is 19.4 Å². The highest BCUT2D eigenvalue weighted by Crippen LogP contribution is 2.32. The van der Waals surface area contributed by atoms with Gasteiger partial charge in [-0.3, -0.25) is 9.59 Å². The van der Waals surface area contributed by atoms with Crippen LogP contribution in [0.4, 0.5) is 0 Å². The molecule has 1 aromatic heterocycles. The largest absolute Gasteiger partial charge is 0.493 e. The number of aliphatic carboxylic acids is 1. The number of carbonyl (C=O) groups excluding carboxylic acids is 1. The number of carbonyl (C=O) groups is 2. The van der Waals surface area contributed by atoms with Gasteiger partial charge in [-0.2, -0.15) is 0 Å². The quantitative estimate of drug-likeness (QED) is 0.315. The van der Waals surface area contributed by atoms with E-state index in [0.29, 0.717) is 17.4 Å². The Balaban J connectivity index is 1.56. The number of carboxylic acid groups (broad SMARTS) is 1. The van der Waals surface area contributed by atoms with Crippen LogP contribution in [-0.4, -0.2) is 30.1 Å². The molecule has 0 bridgehead atoms. The molecule has 0 aliphatic heterocycles. The van der Waals surface area contributed by atoms with Crippen LogP contribution in [0, 0.1) is 19.8 Å². The van der Waals surface area contributed by atoms with Crippen LogP contribution in [0.1, 0.15) is 64.3 Å². The number of aryl methyl sites for hydroxylation is 2. The van der Waals surface area contributed by atoms with Gasteiger partial charge in [-0.05, 0) is 84.2 Å². The molecule has 3 rings (SSSR count). The van der Waals surface area contributed by atoms with Crippen LogP contribution in [0.2, 0.25) is 0 Å². The van der Waals surface area contributed by atoms with Crippen LogP contribution in [0.15, 0.2) is 48.5 Å². The highest BCUT2D eigenvalue weighted by Gasteiger charge is 2.14. The molecular formula is C29H35NO4S. The van der Waals surface area contributed by atoms with Crippen molar-refractivity contribution >= 4 is 23.2 Å². The maximum atomic E-state index is 12.2. The summed E-state index contributed by atoms with van der Waals surface area (Å²) < 4.78 is 6.14. The lowest BCUT2D eigenvalue weighted by atomic mass is 9.93. The summed E-state index contributed by atoms with van der Waals surface area (Å²) in [7, 11) is 0. The molecule has 6 heteroatoms. The van der Waals surface area contributed by atoms with E-state index >= 15 is 0 Å². The third kappa shape index (κ3) is 7.43. The third-order valence-corrected chi connectivity index (χ3v) is 7.07. The van der Waals surface area contributed by atoms with Gasteiger partial charge in [0.2, 0.25) is 0 Å². The van der Waals surface area contributed by atoms with Crippen LogP contribution in [0.5, 0.6) is 5.75 Å². The van der Waals surface area contributed by atoms with E-state index in [1.807, 2.05) is 6.07 Å². The highest BCUT2D eigenvalue weighted by molar-refractivity contribution is 7.14. The van der Waals surface area contributed by atoms with Gasteiger partial charge in [-0.25, -0.2) is 0 Å². The predicted octanol–water partition coefficient (Wildman–Crippen LogP) is 6.62. The number of benzene rings is 2. The fraction of sp³-hybridized carbons (Fsp3) is 0.379. The number of hydrogen-bond donors (Lipinski definition) is 2. The first-order valence-electron chi connectivity index (χ1n) is 12.1. The Bertz CT molecular complexity index is 1140. The van der Waals surface area contributed by atoms with Gasteiger partial charge in [0, 0.05) is 11.4 Å². The van der Waals surface area contributed by atoms with Crippen molar-refractivity contribution in [1.82, 2.24) is 5.32 Å². The fourth-order valence-corrected chi connectivity index (χ4v) is 5.21. The van der Waals surface area contributed by atoms with Crippen molar-refractivity contribution in [2.75, 3.05) is 13.2 Å². The van der Waals surface area contributed by atoms with Gasteiger partial charge >= 0.3 is 5.97 Å². The van der Waals surface area contributed by atoms with E-state index in [1.54, 1.807) is 6.07 Å². The molecule has 1 amide bonds. The average molecular weight is 494 g/mol. The lowest BCUT2D eigenvalue weighted by Gasteiger charge is -2.17. The molecule has 2 aromatic carbocycles. The molecule has 1 atom stereocenters. The Morgan fingerprint density at radius 2 is 1.66 bits per heavy atom. The maximum absolute atomic E-state index is 12.2. The first kappa shape index (κ1) is 26.5. The smallest absolute Gasteiger partial charge is 0.305 e. The topological polar surface area (TPSA) is 75.6 Å². The molecule has 5 nitrogen and oxygen atoms in total. The first-order chi connectivity index (χ1) is 16.6. The highest BCUT2D eigenvalue weighted by atomic mass is 32.1. The average Bonchev–Trinajstić information content (AvgIpc) is 3.26. The standard InChI is InChI=1S/C29H35NO4S/c1-18(2)22-6-8-23(9-7-22)28-20(4)15-24(16-21(28)5)34-17-19(3)14-25-10-11-26(35-25)29(33)30-13-12-27(31)32/h6-11,15-16,18-19H,12-14,17H2,1-5H3,(H,30,33)(H,31,32). The molecule has 0 spiro atoms. The summed E-state index contributed by atoms with van der Waals surface area (Å²) in [5, 5.41) is 11.3. The van der Waals surface area contributed by atoms with Crippen LogP contribution in [-0.2, 0) is 11.2 Å². The molecule has 0 saturated carbocycles. The third-order valence-electron chi connectivity index (χ3n) is 5.97. The maximum Gasteiger partial charge on any atom is 0.305 e. The van der Waals surface area contributed by atoms with E-state index in [-0.39, 0.29) is 24.8 Å². The number of thiophene rings is 1. The van der Waals surface area contributed by atoms with Gasteiger partial charge in [0.15, 0.2) is 0 Å². The molecule has 35 heavy (non-hydrogen) atoms. The lowest BCUT2D eigenvalue weighted by molar-refractivity contribution is -0.136. The van der Waals surface area contributed by atoms with E-state index in [0.717, 1.165) is 17.0 Å². The van der Waals surface area contributed by atoms with Gasteiger partial charge in [-0.15, -0.1) is 11.3 Å². The second-order valence-corrected chi connectivity index (χ2v) is 10.7. The van der Waals surface area contributed by atoms with E-state index in [1.165, 1.54) is 39.2 Å². The zero-order chi connectivity index (χ0) is 25.5. The van der Waals surface area contributed by atoms with Crippen LogP contribution < -0.4 is 10.1 Å². The number of rotatable bonds is 11. The fourth-order valence-electron chi connectivity index (χ4n) is 4.12. The first-order valence-corrected chi connectivity index (χ1v) is 12.9. The number of hydrogen-bond acceptors (Lipinski definition) is 4. The summed E-state index contributed by atoms with van der Waals surface area (Å²) >= 11 is 1.44. The Hall–Kier alpha value is -3.12.